The highest BCUT2D eigenvalue weighted by molar-refractivity contribution is 7.12. The van der Waals surface area contributed by atoms with E-state index in [1.807, 2.05) is 61.9 Å². The van der Waals surface area contributed by atoms with Crippen LogP contribution in [0.25, 0.3) is 5.13 Å². The minimum Gasteiger partial charge on any atom is -0.485 e. The molecule has 1 aromatic carbocycles. The highest BCUT2D eigenvalue weighted by atomic mass is 32.1. The summed E-state index contributed by atoms with van der Waals surface area (Å²) >= 11 is 1.55. The molecule has 2 aromatic heterocycles. The molecule has 0 atom stereocenters. The average molecular weight is 340 g/mol. The van der Waals surface area contributed by atoms with E-state index in [0.717, 1.165) is 27.8 Å². The molecular weight excluding hydrogens is 320 g/mol. The molecule has 0 N–H and O–H groups in total. The highest BCUT2D eigenvalue weighted by Gasteiger charge is 2.18. The first-order valence-electron chi connectivity index (χ1n) is 7.79. The molecule has 0 saturated carbocycles. The Morgan fingerprint density at radius 2 is 2.00 bits per heavy atom. The Morgan fingerprint density at radius 1 is 1.21 bits per heavy atom. The normalized spacial score (nSPS) is 10.8. The number of rotatable bonds is 5. The van der Waals surface area contributed by atoms with Gasteiger partial charge in [-0.1, -0.05) is 17.7 Å². The maximum Gasteiger partial charge on any atom is 0.202 e. The Bertz CT molecular complexity index is 879. The molecular formula is C19H20N2O2S. The summed E-state index contributed by atoms with van der Waals surface area (Å²) in [5.41, 5.74) is 4.80. The number of Topliss-reactive ketones (excluding diaryl/α,β-unsaturated/α-hetero) is 1. The zero-order chi connectivity index (χ0) is 17.3. The number of hydrogen-bond acceptors (Lipinski definition) is 4. The van der Waals surface area contributed by atoms with Crippen LogP contribution in [-0.2, 0) is 0 Å². The van der Waals surface area contributed by atoms with E-state index in [4.69, 9.17) is 4.74 Å². The van der Waals surface area contributed by atoms with Crippen molar-refractivity contribution in [3.8, 4) is 10.9 Å². The van der Waals surface area contributed by atoms with Crippen LogP contribution in [0.3, 0.4) is 0 Å². The van der Waals surface area contributed by atoms with Gasteiger partial charge in [-0.2, -0.15) is 0 Å². The molecule has 0 unspecified atom stereocenters. The quantitative estimate of drug-likeness (QED) is 0.645. The minimum absolute atomic E-state index is 0.0223. The van der Waals surface area contributed by atoms with Gasteiger partial charge < -0.3 is 4.74 Å². The van der Waals surface area contributed by atoms with E-state index in [1.165, 1.54) is 5.56 Å². The monoisotopic (exact) mass is 340 g/mol. The van der Waals surface area contributed by atoms with Crippen molar-refractivity contribution in [2.45, 2.75) is 27.7 Å². The number of aromatic nitrogens is 2. The molecule has 24 heavy (non-hydrogen) atoms. The third-order valence-corrected chi connectivity index (χ3v) is 4.79. The molecule has 0 spiro atoms. The zero-order valence-electron chi connectivity index (χ0n) is 14.3. The molecule has 2 heterocycles. The molecule has 0 aliphatic rings. The minimum atomic E-state index is -0.0223. The lowest BCUT2D eigenvalue weighted by Gasteiger charge is -2.09. The van der Waals surface area contributed by atoms with Gasteiger partial charge in [-0.05, 0) is 45.4 Å². The van der Waals surface area contributed by atoms with Crippen LogP contribution in [-0.4, -0.2) is 21.9 Å². The number of carbonyl (C=O) groups excluding carboxylic acids is 1. The molecule has 3 rings (SSSR count). The van der Waals surface area contributed by atoms with Crippen LogP contribution in [0.15, 0.2) is 35.8 Å². The van der Waals surface area contributed by atoms with Gasteiger partial charge in [-0.25, -0.2) is 4.98 Å². The van der Waals surface area contributed by atoms with Crippen molar-refractivity contribution in [1.29, 1.82) is 0 Å². The third kappa shape index (κ3) is 3.12. The predicted octanol–water partition coefficient (Wildman–Crippen LogP) is 4.43. The zero-order valence-corrected chi connectivity index (χ0v) is 15.1. The summed E-state index contributed by atoms with van der Waals surface area (Å²) in [6.45, 7) is 7.98. The van der Waals surface area contributed by atoms with Gasteiger partial charge in [-0.15, -0.1) is 11.3 Å². The number of hydrogen-bond donors (Lipinski definition) is 0. The highest BCUT2D eigenvalue weighted by Crippen LogP contribution is 2.23. The van der Waals surface area contributed by atoms with Gasteiger partial charge in [0.25, 0.3) is 0 Å². The van der Waals surface area contributed by atoms with Crippen LogP contribution < -0.4 is 4.74 Å². The molecule has 0 saturated heterocycles. The summed E-state index contributed by atoms with van der Waals surface area (Å²) in [4.78, 5) is 16.9. The lowest BCUT2D eigenvalue weighted by atomic mass is 10.1. The molecule has 5 heteroatoms. The van der Waals surface area contributed by atoms with E-state index in [9.17, 15) is 4.79 Å². The Kier molecular flexibility index (Phi) is 4.53. The van der Waals surface area contributed by atoms with Gasteiger partial charge in [0.2, 0.25) is 5.78 Å². The first-order chi connectivity index (χ1) is 11.5. The van der Waals surface area contributed by atoms with Crippen LogP contribution in [0, 0.1) is 27.7 Å². The van der Waals surface area contributed by atoms with Gasteiger partial charge in [-0.3, -0.25) is 9.36 Å². The summed E-state index contributed by atoms with van der Waals surface area (Å²) < 4.78 is 7.74. The molecule has 0 fully saturated rings. The van der Waals surface area contributed by atoms with E-state index < -0.39 is 0 Å². The number of ketones is 1. The smallest absolute Gasteiger partial charge is 0.202 e. The van der Waals surface area contributed by atoms with Gasteiger partial charge in [0.05, 0.1) is 0 Å². The van der Waals surface area contributed by atoms with Crippen LogP contribution in [0.5, 0.6) is 5.75 Å². The Balaban J connectivity index is 1.80. The van der Waals surface area contributed by atoms with Crippen molar-refractivity contribution in [3.63, 3.8) is 0 Å². The fourth-order valence-electron chi connectivity index (χ4n) is 2.85. The number of thiazole rings is 1. The summed E-state index contributed by atoms with van der Waals surface area (Å²) in [7, 11) is 0. The molecule has 0 aliphatic heterocycles. The number of ether oxygens (including phenoxy) is 1. The number of benzene rings is 1. The van der Waals surface area contributed by atoms with Crippen LogP contribution in [0.2, 0.25) is 0 Å². The molecule has 0 radical (unpaired) electrons. The maximum atomic E-state index is 12.6. The van der Waals surface area contributed by atoms with E-state index in [-0.39, 0.29) is 12.4 Å². The molecule has 4 nitrogen and oxygen atoms in total. The number of aryl methyl sites for hydroxylation is 3. The maximum absolute atomic E-state index is 12.6. The predicted molar refractivity (Wildman–Crippen MR) is 96.7 cm³/mol. The van der Waals surface area contributed by atoms with Crippen LogP contribution >= 0.6 is 11.3 Å². The largest absolute Gasteiger partial charge is 0.485 e. The van der Waals surface area contributed by atoms with Crippen molar-refractivity contribution >= 4 is 17.1 Å². The third-order valence-electron chi connectivity index (χ3n) is 4.03. The second-order valence-electron chi connectivity index (χ2n) is 5.92. The number of nitrogens with zero attached hydrogens (tertiary/aromatic N) is 2. The van der Waals surface area contributed by atoms with Crippen molar-refractivity contribution in [2.24, 2.45) is 0 Å². The molecule has 3 aromatic rings. The second-order valence-corrected chi connectivity index (χ2v) is 6.79. The first kappa shape index (κ1) is 16.5. The average Bonchev–Trinajstić information content (AvgIpc) is 3.14. The summed E-state index contributed by atoms with van der Waals surface area (Å²) in [5, 5.41) is 2.80. The Hall–Kier alpha value is -2.40. The SMILES string of the molecule is Cc1ccc(OCC(=O)c2cc(C)n(-c3nccs3)c2C)c(C)c1. The molecule has 0 bridgehead atoms. The van der Waals surface area contributed by atoms with Gasteiger partial charge >= 0.3 is 0 Å². The van der Waals surface area contributed by atoms with E-state index in [0.29, 0.717) is 5.56 Å². The topological polar surface area (TPSA) is 44.1 Å². The fourth-order valence-corrected chi connectivity index (χ4v) is 3.60. The van der Waals surface area contributed by atoms with Gasteiger partial charge in [0.15, 0.2) is 11.7 Å². The summed E-state index contributed by atoms with van der Waals surface area (Å²) in [5.74, 6) is 0.730. The van der Waals surface area contributed by atoms with Gasteiger partial charge in [0.1, 0.15) is 5.75 Å². The van der Waals surface area contributed by atoms with E-state index in [1.54, 1.807) is 17.5 Å². The van der Waals surface area contributed by atoms with E-state index >= 15 is 0 Å². The lowest BCUT2D eigenvalue weighted by molar-refractivity contribution is 0.0920. The Labute approximate surface area is 145 Å². The van der Waals surface area contributed by atoms with Crippen LogP contribution in [0.4, 0.5) is 0 Å². The van der Waals surface area contributed by atoms with Crippen LogP contribution in [0.1, 0.15) is 32.9 Å². The Morgan fingerprint density at radius 3 is 2.67 bits per heavy atom. The molecule has 0 aliphatic carbocycles. The van der Waals surface area contributed by atoms with Crippen molar-refractivity contribution in [1.82, 2.24) is 9.55 Å². The van der Waals surface area contributed by atoms with Crippen molar-refractivity contribution in [2.75, 3.05) is 6.61 Å². The van der Waals surface area contributed by atoms with Crippen molar-refractivity contribution in [3.05, 3.63) is 63.9 Å². The first-order valence-corrected chi connectivity index (χ1v) is 8.67. The van der Waals surface area contributed by atoms with Gasteiger partial charge in [0, 0.05) is 28.5 Å². The molecule has 0 amide bonds. The standard InChI is InChI=1S/C19H20N2O2S/c1-12-5-6-18(13(2)9-12)23-11-17(22)16-10-14(3)21(15(16)4)19-20-7-8-24-19/h5-10H,11H2,1-4H3. The number of carbonyl (C=O) groups is 1. The summed E-state index contributed by atoms with van der Waals surface area (Å²) in [6, 6.07) is 7.86. The fraction of sp³-hybridized carbons (Fsp3) is 0.263. The summed E-state index contributed by atoms with van der Waals surface area (Å²) in [6.07, 6.45) is 1.77. The van der Waals surface area contributed by atoms with Crippen molar-refractivity contribution < 1.29 is 9.53 Å². The molecule has 124 valence electrons. The van der Waals surface area contributed by atoms with E-state index in [2.05, 4.69) is 4.98 Å². The lowest BCUT2D eigenvalue weighted by Crippen LogP contribution is -2.13. The second kappa shape index (κ2) is 6.61.